The van der Waals surface area contributed by atoms with Gasteiger partial charge in [0.15, 0.2) is 0 Å². The predicted molar refractivity (Wildman–Crippen MR) is 61.7 cm³/mol. The lowest BCUT2D eigenvalue weighted by atomic mass is 10.1. The number of alkyl halides is 3. The summed E-state index contributed by atoms with van der Waals surface area (Å²) < 4.78 is 46.2. The second-order valence-electron chi connectivity index (χ2n) is 3.75. The molecule has 0 saturated carbocycles. The minimum atomic E-state index is -4.32. The molecule has 102 valence electrons. The summed E-state index contributed by atoms with van der Waals surface area (Å²) in [6, 6.07) is 6.76. The molecule has 0 bridgehead atoms. The number of nitrogens with one attached hydrogen (secondary N) is 1. The lowest BCUT2D eigenvalue weighted by Gasteiger charge is -2.19. The molecule has 0 aliphatic heterocycles. The van der Waals surface area contributed by atoms with Crippen molar-refractivity contribution >= 4 is 0 Å². The summed E-state index contributed by atoms with van der Waals surface area (Å²) in [4.78, 5) is 0. The van der Waals surface area contributed by atoms with Crippen molar-refractivity contribution in [3.05, 3.63) is 29.8 Å². The van der Waals surface area contributed by atoms with Gasteiger partial charge in [0.05, 0.1) is 13.2 Å². The quantitative estimate of drug-likeness (QED) is 0.855. The van der Waals surface area contributed by atoms with E-state index in [1.54, 1.807) is 31.3 Å². The zero-order valence-electron chi connectivity index (χ0n) is 10.3. The lowest BCUT2D eigenvalue weighted by molar-refractivity contribution is -0.185. The molecule has 0 fully saturated rings. The summed E-state index contributed by atoms with van der Waals surface area (Å²) in [5.74, 6) is 0.651. The molecule has 0 aliphatic carbocycles. The number of hydrogen-bond acceptors (Lipinski definition) is 3. The maximum atomic E-state index is 12.1. The molecule has 0 amide bonds. The Kier molecular flexibility index (Phi) is 5.43. The molecule has 1 unspecified atom stereocenters. The third-order valence-corrected chi connectivity index (χ3v) is 2.33. The van der Waals surface area contributed by atoms with E-state index in [9.17, 15) is 13.2 Å². The Morgan fingerprint density at radius 2 is 1.83 bits per heavy atom. The Morgan fingerprint density at radius 1 is 1.22 bits per heavy atom. The highest BCUT2D eigenvalue weighted by molar-refractivity contribution is 5.28. The highest BCUT2D eigenvalue weighted by Gasteiger charge is 2.29. The molecule has 0 aliphatic rings. The number of halogens is 3. The van der Waals surface area contributed by atoms with Crippen LogP contribution in [0.4, 0.5) is 13.2 Å². The SMILES string of the molecule is CNCC(OCC(F)(F)F)c1ccc(OC)cc1. The van der Waals surface area contributed by atoms with Crippen LogP contribution in [0.3, 0.4) is 0 Å². The molecular weight excluding hydrogens is 247 g/mol. The van der Waals surface area contributed by atoms with Crippen LogP contribution in [0.15, 0.2) is 24.3 Å². The number of hydrogen-bond donors (Lipinski definition) is 1. The second-order valence-corrected chi connectivity index (χ2v) is 3.75. The monoisotopic (exact) mass is 263 g/mol. The van der Waals surface area contributed by atoms with E-state index in [1.165, 1.54) is 7.11 Å². The van der Waals surface area contributed by atoms with E-state index in [0.717, 1.165) is 0 Å². The van der Waals surface area contributed by atoms with Crippen LogP contribution < -0.4 is 10.1 Å². The van der Waals surface area contributed by atoms with Crippen molar-refractivity contribution in [3.8, 4) is 5.75 Å². The highest BCUT2D eigenvalue weighted by Crippen LogP contribution is 2.23. The number of benzene rings is 1. The van der Waals surface area contributed by atoms with Crippen LogP contribution >= 0.6 is 0 Å². The molecule has 0 spiro atoms. The van der Waals surface area contributed by atoms with Gasteiger partial charge < -0.3 is 14.8 Å². The van der Waals surface area contributed by atoms with Gasteiger partial charge in [0, 0.05) is 6.54 Å². The van der Waals surface area contributed by atoms with Crippen molar-refractivity contribution in [3.63, 3.8) is 0 Å². The van der Waals surface area contributed by atoms with Crippen LogP contribution in [0.5, 0.6) is 5.75 Å². The molecule has 1 N–H and O–H groups in total. The van der Waals surface area contributed by atoms with E-state index in [4.69, 9.17) is 9.47 Å². The van der Waals surface area contributed by atoms with Crippen molar-refractivity contribution in [2.24, 2.45) is 0 Å². The van der Waals surface area contributed by atoms with Crippen LogP contribution in [-0.2, 0) is 4.74 Å². The minimum Gasteiger partial charge on any atom is -0.497 e. The number of rotatable bonds is 6. The van der Waals surface area contributed by atoms with Gasteiger partial charge in [-0.1, -0.05) is 12.1 Å². The number of methoxy groups -OCH3 is 1. The number of likely N-dealkylation sites (N-methyl/N-ethyl adjacent to an activating group) is 1. The van der Waals surface area contributed by atoms with Gasteiger partial charge >= 0.3 is 6.18 Å². The Morgan fingerprint density at radius 3 is 2.28 bits per heavy atom. The van der Waals surface area contributed by atoms with Gasteiger partial charge in [-0.05, 0) is 24.7 Å². The van der Waals surface area contributed by atoms with Gasteiger partial charge in [0.25, 0.3) is 0 Å². The minimum absolute atomic E-state index is 0.308. The largest absolute Gasteiger partial charge is 0.497 e. The summed E-state index contributed by atoms with van der Waals surface area (Å²) in [7, 11) is 3.19. The van der Waals surface area contributed by atoms with E-state index in [0.29, 0.717) is 17.9 Å². The van der Waals surface area contributed by atoms with Gasteiger partial charge in [-0.3, -0.25) is 0 Å². The molecule has 3 nitrogen and oxygen atoms in total. The fourth-order valence-electron chi connectivity index (χ4n) is 1.47. The van der Waals surface area contributed by atoms with Gasteiger partial charge in [0.2, 0.25) is 0 Å². The van der Waals surface area contributed by atoms with Crippen molar-refractivity contribution in [2.75, 3.05) is 27.3 Å². The van der Waals surface area contributed by atoms with E-state index < -0.39 is 18.9 Å². The summed E-state index contributed by atoms with van der Waals surface area (Å²) >= 11 is 0. The van der Waals surface area contributed by atoms with Crippen molar-refractivity contribution in [1.82, 2.24) is 5.32 Å². The molecular formula is C12H16F3NO2. The maximum absolute atomic E-state index is 12.1. The smallest absolute Gasteiger partial charge is 0.411 e. The average Bonchev–Trinajstić information content (AvgIpc) is 2.33. The molecule has 1 aromatic rings. The summed E-state index contributed by atoms with van der Waals surface area (Å²) in [5.41, 5.74) is 0.675. The highest BCUT2D eigenvalue weighted by atomic mass is 19.4. The third-order valence-electron chi connectivity index (χ3n) is 2.33. The molecule has 0 aromatic heterocycles. The van der Waals surface area contributed by atoms with E-state index in [2.05, 4.69) is 5.32 Å². The molecule has 0 heterocycles. The number of ether oxygens (including phenoxy) is 2. The fraction of sp³-hybridized carbons (Fsp3) is 0.500. The Hall–Kier alpha value is -1.27. The standard InChI is InChI=1S/C12H16F3NO2/c1-16-7-11(18-8-12(13,14)15)9-3-5-10(17-2)6-4-9/h3-6,11,16H,7-8H2,1-2H3. The third kappa shape index (κ3) is 4.93. The first-order valence-corrected chi connectivity index (χ1v) is 5.43. The molecule has 1 atom stereocenters. The van der Waals surface area contributed by atoms with Gasteiger partial charge in [0.1, 0.15) is 12.4 Å². The molecule has 1 rings (SSSR count). The van der Waals surface area contributed by atoms with Crippen LogP contribution in [0.1, 0.15) is 11.7 Å². The van der Waals surface area contributed by atoms with Crippen molar-refractivity contribution in [1.29, 1.82) is 0 Å². The van der Waals surface area contributed by atoms with Gasteiger partial charge in [-0.2, -0.15) is 13.2 Å². The first kappa shape index (κ1) is 14.8. The van der Waals surface area contributed by atoms with E-state index >= 15 is 0 Å². The van der Waals surface area contributed by atoms with Crippen LogP contribution in [0.2, 0.25) is 0 Å². The first-order valence-electron chi connectivity index (χ1n) is 5.43. The molecule has 0 saturated heterocycles. The van der Waals surface area contributed by atoms with Crippen LogP contribution in [0, 0.1) is 0 Å². The fourth-order valence-corrected chi connectivity index (χ4v) is 1.47. The molecule has 18 heavy (non-hydrogen) atoms. The van der Waals surface area contributed by atoms with Crippen molar-refractivity contribution < 1.29 is 22.6 Å². The molecule has 0 radical (unpaired) electrons. The molecule has 6 heteroatoms. The van der Waals surface area contributed by atoms with E-state index in [-0.39, 0.29) is 0 Å². The zero-order chi connectivity index (χ0) is 13.6. The average molecular weight is 263 g/mol. The second kappa shape index (κ2) is 6.61. The van der Waals surface area contributed by atoms with Crippen LogP contribution in [0.25, 0.3) is 0 Å². The predicted octanol–water partition coefficient (Wildman–Crippen LogP) is 2.53. The Labute approximate surface area is 104 Å². The Balaban J connectivity index is 2.70. The summed E-state index contributed by atoms with van der Waals surface area (Å²) in [6.07, 6.45) is -4.96. The topological polar surface area (TPSA) is 30.5 Å². The van der Waals surface area contributed by atoms with Gasteiger partial charge in [-0.15, -0.1) is 0 Å². The molecule has 1 aromatic carbocycles. The lowest BCUT2D eigenvalue weighted by Crippen LogP contribution is -2.25. The zero-order valence-corrected chi connectivity index (χ0v) is 10.3. The van der Waals surface area contributed by atoms with Gasteiger partial charge in [-0.25, -0.2) is 0 Å². The van der Waals surface area contributed by atoms with Crippen molar-refractivity contribution in [2.45, 2.75) is 12.3 Å². The maximum Gasteiger partial charge on any atom is 0.411 e. The summed E-state index contributed by atoms with van der Waals surface area (Å²) in [6.45, 7) is -0.951. The summed E-state index contributed by atoms with van der Waals surface area (Å²) in [5, 5.41) is 2.81. The Bertz CT molecular complexity index is 351. The van der Waals surface area contributed by atoms with Crippen LogP contribution in [-0.4, -0.2) is 33.5 Å². The first-order chi connectivity index (χ1) is 8.46. The van der Waals surface area contributed by atoms with E-state index in [1.807, 2.05) is 0 Å². The normalized spacial score (nSPS) is 13.4.